The molecule has 0 nitrogen and oxygen atoms in total. The van der Waals surface area contributed by atoms with Crippen molar-refractivity contribution in [3.05, 3.63) is 35.9 Å². The van der Waals surface area contributed by atoms with Crippen LogP contribution >= 0.6 is 0 Å². The Kier molecular flexibility index (Phi) is 3.21. The molecule has 2 fully saturated rings. The van der Waals surface area contributed by atoms with Crippen LogP contribution in [0, 0.1) is 29.6 Å². The summed E-state index contributed by atoms with van der Waals surface area (Å²) in [4.78, 5) is 0. The number of fused-ring (bicyclic) bond motifs is 2. The number of benzene rings is 1. The van der Waals surface area contributed by atoms with E-state index in [0.717, 1.165) is 35.5 Å². The maximum absolute atomic E-state index is 2.52. The van der Waals surface area contributed by atoms with Crippen molar-refractivity contribution in [2.75, 3.05) is 0 Å². The Labute approximate surface area is 112 Å². The van der Waals surface area contributed by atoms with Gasteiger partial charge in [0.25, 0.3) is 0 Å². The summed E-state index contributed by atoms with van der Waals surface area (Å²) in [6, 6.07) is 11.2. The highest BCUT2D eigenvalue weighted by Gasteiger charge is 2.51. The quantitative estimate of drug-likeness (QED) is 0.691. The number of rotatable bonds is 3. The summed E-state index contributed by atoms with van der Waals surface area (Å²) in [5, 5.41) is 0. The molecule has 2 aliphatic carbocycles. The molecule has 0 aliphatic heterocycles. The molecule has 0 radical (unpaired) electrons. The van der Waals surface area contributed by atoms with Crippen LogP contribution in [0.1, 0.15) is 51.5 Å². The zero-order chi connectivity index (χ0) is 12.7. The van der Waals surface area contributed by atoms with E-state index >= 15 is 0 Å². The largest absolute Gasteiger partial charge is 0.0651 e. The number of hydrogen-bond donors (Lipinski definition) is 0. The van der Waals surface area contributed by atoms with Crippen LogP contribution < -0.4 is 0 Å². The van der Waals surface area contributed by atoms with Gasteiger partial charge in [-0.3, -0.25) is 0 Å². The fourth-order valence-electron chi connectivity index (χ4n) is 5.04. The summed E-state index contributed by atoms with van der Waals surface area (Å²) < 4.78 is 0. The third-order valence-corrected chi connectivity index (χ3v) is 6.06. The normalized spacial score (nSPS) is 40.1. The van der Waals surface area contributed by atoms with Gasteiger partial charge in [0, 0.05) is 0 Å². The first-order valence-electron chi connectivity index (χ1n) is 7.77. The molecular weight excluding hydrogens is 216 g/mol. The van der Waals surface area contributed by atoms with Crippen LogP contribution in [-0.2, 0) is 0 Å². The summed E-state index contributed by atoms with van der Waals surface area (Å²) in [6.45, 7) is 7.37. The Bertz CT molecular complexity index is 394. The standard InChI is InChI=1S/C18H26/c1-4-14-10-16-11-17(18(14)13(16)3)12(2)15-8-6-5-7-9-15/h5-9,12-14,16-18H,4,10-11H2,1-3H3/t12-,13+,14?,16?,17?,18?/m0/s1. The molecule has 0 aromatic heterocycles. The van der Waals surface area contributed by atoms with Crippen LogP contribution in [-0.4, -0.2) is 0 Å². The third kappa shape index (κ3) is 1.81. The second kappa shape index (κ2) is 4.72. The van der Waals surface area contributed by atoms with Crippen molar-refractivity contribution in [3.63, 3.8) is 0 Å². The van der Waals surface area contributed by atoms with Gasteiger partial charge in [0.1, 0.15) is 0 Å². The van der Waals surface area contributed by atoms with Gasteiger partial charge < -0.3 is 0 Å². The molecular formula is C18H26. The van der Waals surface area contributed by atoms with Crippen molar-refractivity contribution in [1.82, 2.24) is 0 Å². The first-order chi connectivity index (χ1) is 8.72. The molecule has 4 unspecified atom stereocenters. The summed E-state index contributed by atoms with van der Waals surface area (Å²) in [5.74, 6) is 5.69. The molecule has 1 aromatic rings. The minimum atomic E-state index is 0.748. The number of hydrogen-bond acceptors (Lipinski definition) is 0. The van der Waals surface area contributed by atoms with Gasteiger partial charge in [-0.25, -0.2) is 0 Å². The van der Waals surface area contributed by atoms with E-state index in [0.29, 0.717) is 0 Å². The van der Waals surface area contributed by atoms with E-state index in [1.807, 2.05) is 0 Å². The first kappa shape index (κ1) is 12.3. The van der Waals surface area contributed by atoms with Gasteiger partial charge >= 0.3 is 0 Å². The predicted octanol–water partition coefficient (Wildman–Crippen LogP) is 5.11. The molecule has 0 spiro atoms. The van der Waals surface area contributed by atoms with E-state index in [1.54, 1.807) is 5.56 Å². The molecule has 2 saturated carbocycles. The van der Waals surface area contributed by atoms with Gasteiger partial charge in [-0.05, 0) is 53.9 Å². The molecule has 6 atom stereocenters. The van der Waals surface area contributed by atoms with Gasteiger partial charge in [-0.15, -0.1) is 0 Å². The van der Waals surface area contributed by atoms with E-state index in [1.165, 1.54) is 19.3 Å². The molecule has 0 heterocycles. The van der Waals surface area contributed by atoms with Crippen molar-refractivity contribution in [2.45, 2.75) is 46.0 Å². The molecule has 2 bridgehead atoms. The lowest BCUT2D eigenvalue weighted by Crippen LogP contribution is -2.25. The Balaban J connectivity index is 1.82. The summed E-state index contributed by atoms with van der Waals surface area (Å²) in [5.41, 5.74) is 1.55. The monoisotopic (exact) mass is 242 g/mol. The maximum Gasteiger partial charge on any atom is -0.0159 e. The minimum Gasteiger partial charge on any atom is -0.0651 e. The molecule has 0 heteroatoms. The predicted molar refractivity (Wildman–Crippen MR) is 77.5 cm³/mol. The zero-order valence-electron chi connectivity index (χ0n) is 12.0. The van der Waals surface area contributed by atoms with Crippen molar-refractivity contribution in [3.8, 4) is 0 Å². The van der Waals surface area contributed by atoms with Crippen molar-refractivity contribution in [2.24, 2.45) is 29.6 Å². The van der Waals surface area contributed by atoms with Crippen LogP contribution in [0.5, 0.6) is 0 Å². The van der Waals surface area contributed by atoms with Crippen molar-refractivity contribution < 1.29 is 0 Å². The second-order valence-electron chi connectivity index (χ2n) is 6.70. The lowest BCUT2D eigenvalue weighted by atomic mass is 9.71. The Morgan fingerprint density at radius 3 is 2.50 bits per heavy atom. The van der Waals surface area contributed by atoms with Gasteiger partial charge in [-0.1, -0.05) is 57.5 Å². The molecule has 1 aromatic carbocycles. The molecule has 2 aliphatic rings. The van der Waals surface area contributed by atoms with E-state index in [-0.39, 0.29) is 0 Å². The van der Waals surface area contributed by atoms with Crippen LogP contribution in [0.2, 0.25) is 0 Å². The van der Waals surface area contributed by atoms with Crippen molar-refractivity contribution >= 4 is 0 Å². The van der Waals surface area contributed by atoms with E-state index in [9.17, 15) is 0 Å². The molecule has 0 N–H and O–H groups in total. The van der Waals surface area contributed by atoms with Gasteiger partial charge in [-0.2, -0.15) is 0 Å². The first-order valence-corrected chi connectivity index (χ1v) is 7.77. The summed E-state index contributed by atoms with van der Waals surface area (Å²) in [6.07, 6.45) is 4.39. The molecule has 3 rings (SSSR count). The third-order valence-electron chi connectivity index (χ3n) is 6.06. The highest BCUT2D eigenvalue weighted by Crippen LogP contribution is 2.59. The van der Waals surface area contributed by atoms with E-state index < -0.39 is 0 Å². The summed E-state index contributed by atoms with van der Waals surface area (Å²) >= 11 is 0. The average Bonchev–Trinajstić information content (AvgIpc) is 2.91. The average molecular weight is 242 g/mol. The molecule has 18 heavy (non-hydrogen) atoms. The lowest BCUT2D eigenvalue weighted by Gasteiger charge is -2.34. The second-order valence-corrected chi connectivity index (χ2v) is 6.70. The summed E-state index contributed by atoms with van der Waals surface area (Å²) in [7, 11) is 0. The topological polar surface area (TPSA) is 0 Å². The lowest BCUT2D eigenvalue weighted by molar-refractivity contribution is 0.197. The Morgan fingerprint density at radius 1 is 1.17 bits per heavy atom. The van der Waals surface area contributed by atoms with Crippen LogP contribution in [0.25, 0.3) is 0 Å². The van der Waals surface area contributed by atoms with Crippen LogP contribution in [0.15, 0.2) is 30.3 Å². The van der Waals surface area contributed by atoms with E-state index in [4.69, 9.17) is 0 Å². The van der Waals surface area contributed by atoms with Crippen molar-refractivity contribution in [1.29, 1.82) is 0 Å². The smallest absolute Gasteiger partial charge is 0.0159 e. The fourth-order valence-corrected chi connectivity index (χ4v) is 5.04. The maximum atomic E-state index is 2.52. The zero-order valence-corrected chi connectivity index (χ0v) is 12.0. The van der Waals surface area contributed by atoms with Crippen LogP contribution in [0.3, 0.4) is 0 Å². The Hall–Kier alpha value is -0.780. The molecule has 0 saturated heterocycles. The van der Waals surface area contributed by atoms with E-state index in [2.05, 4.69) is 51.1 Å². The highest BCUT2D eigenvalue weighted by atomic mass is 14.6. The van der Waals surface area contributed by atoms with Gasteiger partial charge in [0.2, 0.25) is 0 Å². The molecule has 98 valence electrons. The fraction of sp³-hybridized carbons (Fsp3) is 0.667. The van der Waals surface area contributed by atoms with Gasteiger partial charge in [0.05, 0.1) is 0 Å². The van der Waals surface area contributed by atoms with Crippen LogP contribution in [0.4, 0.5) is 0 Å². The van der Waals surface area contributed by atoms with Gasteiger partial charge in [0.15, 0.2) is 0 Å². The Morgan fingerprint density at radius 2 is 1.89 bits per heavy atom. The minimum absolute atomic E-state index is 0.748. The molecule has 0 amide bonds. The SMILES string of the molecule is CCC1CC2CC([C@@H](C)c3ccccc3)C1[C@@H]2C. The highest BCUT2D eigenvalue weighted by molar-refractivity contribution is 5.21.